The standard InChI is InChI=1S/C14H23BrN4O/c1-4-16-13-12(15)11(9-10(2)3)17-14(18-13)19-5-7-20-8-6-19/h10H,4-9H2,1-3H3,(H,16,17,18). The number of aromatic nitrogens is 2. The Morgan fingerprint density at radius 2 is 2.00 bits per heavy atom. The fourth-order valence-electron chi connectivity index (χ4n) is 2.19. The van der Waals surface area contributed by atoms with Gasteiger partial charge in [-0.3, -0.25) is 0 Å². The Hall–Kier alpha value is -0.880. The maximum Gasteiger partial charge on any atom is 0.227 e. The zero-order valence-electron chi connectivity index (χ0n) is 12.4. The number of rotatable bonds is 5. The van der Waals surface area contributed by atoms with Crippen molar-refractivity contribution < 1.29 is 4.74 Å². The summed E-state index contributed by atoms with van der Waals surface area (Å²) in [5, 5.41) is 3.31. The molecule has 1 aliphatic rings. The molecule has 0 saturated carbocycles. The fraction of sp³-hybridized carbons (Fsp3) is 0.714. The van der Waals surface area contributed by atoms with Crippen LogP contribution >= 0.6 is 15.9 Å². The molecule has 20 heavy (non-hydrogen) atoms. The van der Waals surface area contributed by atoms with Crippen molar-refractivity contribution in [2.75, 3.05) is 43.1 Å². The first kappa shape index (κ1) is 15.5. The topological polar surface area (TPSA) is 50.3 Å². The zero-order chi connectivity index (χ0) is 14.5. The quantitative estimate of drug-likeness (QED) is 0.891. The Kier molecular flexibility index (Phi) is 5.60. The van der Waals surface area contributed by atoms with Gasteiger partial charge < -0.3 is 15.0 Å². The number of anilines is 2. The average Bonchev–Trinajstić information content (AvgIpc) is 2.44. The van der Waals surface area contributed by atoms with E-state index in [9.17, 15) is 0 Å². The predicted molar refractivity (Wildman–Crippen MR) is 85.5 cm³/mol. The van der Waals surface area contributed by atoms with Crippen LogP contribution in [0, 0.1) is 5.92 Å². The van der Waals surface area contributed by atoms with Gasteiger partial charge in [0, 0.05) is 19.6 Å². The number of halogens is 1. The summed E-state index contributed by atoms with van der Waals surface area (Å²) in [5.74, 6) is 2.26. The van der Waals surface area contributed by atoms with Crippen molar-refractivity contribution in [3.05, 3.63) is 10.2 Å². The first-order chi connectivity index (χ1) is 9.61. The van der Waals surface area contributed by atoms with Crippen molar-refractivity contribution >= 4 is 27.7 Å². The Balaban J connectivity index is 2.32. The van der Waals surface area contributed by atoms with Crippen LogP contribution in [-0.2, 0) is 11.2 Å². The van der Waals surface area contributed by atoms with E-state index in [2.05, 4.69) is 51.9 Å². The number of nitrogens with zero attached hydrogens (tertiary/aromatic N) is 3. The Bertz CT molecular complexity index is 447. The van der Waals surface area contributed by atoms with Crippen molar-refractivity contribution in [2.45, 2.75) is 27.2 Å². The molecule has 1 saturated heterocycles. The van der Waals surface area contributed by atoms with Gasteiger partial charge in [0.1, 0.15) is 5.82 Å². The molecule has 2 heterocycles. The number of hydrogen-bond donors (Lipinski definition) is 1. The summed E-state index contributed by atoms with van der Waals surface area (Å²) in [4.78, 5) is 11.6. The van der Waals surface area contributed by atoms with E-state index in [4.69, 9.17) is 9.72 Å². The van der Waals surface area contributed by atoms with Gasteiger partial charge in [0.15, 0.2) is 0 Å². The fourth-order valence-corrected chi connectivity index (χ4v) is 2.67. The number of morpholine rings is 1. The number of hydrogen-bond acceptors (Lipinski definition) is 5. The van der Waals surface area contributed by atoms with E-state index in [1.165, 1.54) is 0 Å². The lowest BCUT2D eigenvalue weighted by molar-refractivity contribution is 0.122. The molecule has 0 unspecified atom stereocenters. The van der Waals surface area contributed by atoms with Crippen LogP contribution in [-0.4, -0.2) is 42.8 Å². The summed E-state index contributed by atoms with van der Waals surface area (Å²) in [6.07, 6.45) is 0.943. The summed E-state index contributed by atoms with van der Waals surface area (Å²) in [7, 11) is 0. The molecule has 1 N–H and O–H groups in total. The molecule has 0 amide bonds. The van der Waals surface area contributed by atoms with Crippen molar-refractivity contribution in [1.82, 2.24) is 9.97 Å². The summed E-state index contributed by atoms with van der Waals surface area (Å²) >= 11 is 3.64. The van der Waals surface area contributed by atoms with Gasteiger partial charge in [-0.15, -0.1) is 0 Å². The minimum absolute atomic E-state index is 0.563. The van der Waals surface area contributed by atoms with E-state index in [-0.39, 0.29) is 0 Å². The lowest BCUT2D eigenvalue weighted by Crippen LogP contribution is -2.37. The van der Waals surface area contributed by atoms with Gasteiger partial charge in [-0.25, -0.2) is 4.98 Å². The molecule has 5 nitrogen and oxygen atoms in total. The monoisotopic (exact) mass is 342 g/mol. The third-order valence-electron chi connectivity index (χ3n) is 3.15. The Labute approximate surface area is 129 Å². The molecule has 1 aromatic rings. The van der Waals surface area contributed by atoms with Gasteiger partial charge in [-0.05, 0) is 35.2 Å². The van der Waals surface area contributed by atoms with Crippen LogP contribution in [0.3, 0.4) is 0 Å². The third kappa shape index (κ3) is 3.82. The molecule has 1 fully saturated rings. The molecular formula is C14H23BrN4O. The summed E-state index contributed by atoms with van der Waals surface area (Å²) in [6.45, 7) is 10.5. The lowest BCUT2D eigenvalue weighted by atomic mass is 10.1. The molecule has 0 spiro atoms. The van der Waals surface area contributed by atoms with Crippen LogP contribution in [0.5, 0.6) is 0 Å². The smallest absolute Gasteiger partial charge is 0.227 e. The number of ether oxygens (including phenoxy) is 1. The molecule has 6 heteroatoms. The van der Waals surface area contributed by atoms with Crippen LogP contribution in [0.15, 0.2) is 4.47 Å². The van der Waals surface area contributed by atoms with Crippen LogP contribution in [0.4, 0.5) is 11.8 Å². The first-order valence-electron chi connectivity index (χ1n) is 7.24. The van der Waals surface area contributed by atoms with E-state index in [0.29, 0.717) is 5.92 Å². The van der Waals surface area contributed by atoms with Crippen molar-refractivity contribution in [3.8, 4) is 0 Å². The zero-order valence-corrected chi connectivity index (χ0v) is 14.0. The van der Waals surface area contributed by atoms with Gasteiger partial charge in [0.25, 0.3) is 0 Å². The average molecular weight is 343 g/mol. The van der Waals surface area contributed by atoms with Crippen LogP contribution < -0.4 is 10.2 Å². The predicted octanol–water partition coefficient (Wildman–Crippen LogP) is 2.71. The molecule has 1 aromatic heterocycles. The van der Waals surface area contributed by atoms with E-state index < -0.39 is 0 Å². The summed E-state index contributed by atoms with van der Waals surface area (Å²) < 4.78 is 6.39. The second-order valence-electron chi connectivity index (χ2n) is 5.36. The maximum atomic E-state index is 5.40. The Morgan fingerprint density at radius 3 is 2.60 bits per heavy atom. The van der Waals surface area contributed by atoms with Gasteiger partial charge in [0.05, 0.1) is 23.4 Å². The Morgan fingerprint density at radius 1 is 1.30 bits per heavy atom. The third-order valence-corrected chi connectivity index (χ3v) is 3.98. The molecule has 0 atom stereocenters. The van der Waals surface area contributed by atoms with E-state index >= 15 is 0 Å². The molecule has 0 radical (unpaired) electrons. The largest absolute Gasteiger partial charge is 0.378 e. The second-order valence-corrected chi connectivity index (χ2v) is 6.15. The molecule has 112 valence electrons. The minimum atomic E-state index is 0.563. The minimum Gasteiger partial charge on any atom is -0.378 e. The highest BCUT2D eigenvalue weighted by Crippen LogP contribution is 2.28. The molecule has 0 bridgehead atoms. The number of nitrogens with one attached hydrogen (secondary N) is 1. The summed E-state index contributed by atoms with van der Waals surface area (Å²) in [5.41, 5.74) is 1.08. The van der Waals surface area contributed by atoms with E-state index in [1.807, 2.05) is 0 Å². The highest BCUT2D eigenvalue weighted by molar-refractivity contribution is 9.10. The van der Waals surface area contributed by atoms with Crippen LogP contribution in [0.2, 0.25) is 0 Å². The lowest BCUT2D eigenvalue weighted by Gasteiger charge is -2.28. The summed E-state index contributed by atoms with van der Waals surface area (Å²) in [6, 6.07) is 0. The van der Waals surface area contributed by atoms with Gasteiger partial charge in [0.2, 0.25) is 5.95 Å². The molecule has 1 aliphatic heterocycles. The SMILES string of the molecule is CCNc1nc(N2CCOCC2)nc(CC(C)C)c1Br. The van der Waals surface area contributed by atoms with Crippen molar-refractivity contribution in [2.24, 2.45) is 5.92 Å². The second kappa shape index (κ2) is 7.22. The van der Waals surface area contributed by atoms with Crippen molar-refractivity contribution in [1.29, 1.82) is 0 Å². The highest BCUT2D eigenvalue weighted by Gasteiger charge is 2.19. The molecule has 0 aliphatic carbocycles. The van der Waals surface area contributed by atoms with E-state index in [0.717, 1.165) is 61.2 Å². The van der Waals surface area contributed by atoms with Crippen molar-refractivity contribution in [3.63, 3.8) is 0 Å². The van der Waals surface area contributed by atoms with Gasteiger partial charge >= 0.3 is 0 Å². The first-order valence-corrected chi connectivity index (χ1v) is 8.04. The van der Waals surface area contributed by atoms with E-state index in [1.54, 1.807) is 0 Å². The molecule has 2 rings (SSSR count). The van der Waals surface area contributed by atoms with Gasteiger partial charge in [-0.2, -0.15) is 4.98 Å². The van der Waals surface area contributed by atoms with Gasteiger partial charge in [-0.1, -0.05) is 13.8 Å². The van der Waals surface area contributed by atoms with Crippen LogP contribution in [0.1, 0.15) is 26.5 Å². The molecule has 0 aromatic carbocycles. The normalized spacial score (nSPS) is 15.8. The van der Waals surface area contributed by atoms with Crippen LogP contribution in [0.25, 0.3) is 0 Å². The maximum absolute atomic E-state index is 5.40. The highest BCUT2D eigenvalue weighted by atomic mass is 79.9. The molecular weight excluding hydrogens is 320 g/mol.